The van der Waals surface area contributed by atoms with Crippen LogP contribution in [0.4, 0.5) is 14.5 Å². The molecule has 0 bridgehead atoms. The van der Waals surface area contributed by atoms with Crippen LogP contribution in [0.3, 0.4) is 0 Å². The molecular weight excluding hydrogens is 876 g/mol. The minimum absolute atomic E-state index is 0.0431. The number of benzene rings is 4. The van der Waals surface area contributed by atoms with Crippen molar-refractivity contribution >= 4 is 83.9 Å². The zero-order valence-electron chi connectivity index (χ0n) is 27.7. The molecule has 278 valence electrons. The van der Waals surface area contributed by atoms with Gasteiger partial charge in [-0.2, -0.15) is 0 Å². The summed E-state index contributed by atoms with van der Waals surface area (Å²) in [4.78, 5) is 47.5. The number of Topliss-reactive ketones (excluding diaryl/α,β-unsaturated/α-hetero) is 1. The predicted molar refractivity (Wildman–Crippen MR) is 209 cm³/mol. The van der Waals surface area contributed by atoms with Gasteiger partial charge >= 0.3 is 17.9 Å². The lowest BCUT2D eigenvalue weighted by Crippen LogP contribution is -2.08. The third-order valence-corrected chi connectivity index (χ3v) is 10.5. The number of aromatic hydroxyl groups is 2. The molecule has 0 radical (unpaired) electrons. The molecule has 6 rings (SSSR count). The number of phenolic OH excluding ortho intramolecular Hbond substituents is 1. The third-order valence-electron chi connectivity index (χ3n) is 7.30. The van der Waals surface area contributed by atoms with E-state index in [0.717, 1.165) is 61.3 Å². The van der Waals surface area contributed by atoms with E-state index in [9.17, 15) is 38.2 Å². The quantitative estimate of drug-likeness (QED) is 0.0728. The fourth-order valence-electron chi connectivity index (χ4n) is 4.75. The maximum Gasteiger partial charge on any atom is 0.341 e. The van der Waals surface area contributed by atoms with Crippen LogP contribution in [0.25, 0.3) is 20.9 Å². The summed E-state index contributed by atoms with van der Waals surface area (Å²) < 4.78 is 32.3. The van der Waals surface area contributed by atoms with Crippen molar-refractivity contribution in [2.75, 3.05) is 12.8 Å². The number of ketones is 1. The number of hydrogen-bond donors (Lipinski definition) is 5. The summed E-state index contributed by atoms with van der Waals surface area (Å²) in [5.74, 6) is -5.54. The largest absolute Gasteiger partial charge is 0.507 e. The fraction of sp³-hybridized carbons (Fsp3) is 0.0526. The number of methoxy groups -OCH3 is 1. The van der Waals surface area contributed by atoms with Gasteiger partial charge in [-0.3, -0.25) is 4.79 Å². The molecule has 10 nitrogen and oxygen atoms in total. The highest BCUT2D eigenvalue weighted by molar-refractivity contribution is 9.10. The number of hydrogen-bond acceptors (Lipinski definition) is 10. The topological polar surface area (TPSA) is 184 Å². The van der Waals surface area contributed by atoms with Crippen LogP contribution in [0.1, 0.15) is 47.0 Å². The maximum atomic E-state index is 13.4. The van der Waals surface area contributed by atoms with Crippen LogP contribution in [0.15, 0.2) is 105 Å². The molecule has 0 aliphatic carbocycles. The number of carboxylic acid groups (broad SMARTS) is 2. The number of phenols is 2. The number of anilines is 1. The van der Waals surface area contributed by atoms with Crippen LogP contribution in [-0.4, -0.2) is 51.2 Å². The molecule has 54 heavy (non-hydrogen) atoms. The number of halogens is 4. The molecule has 0 amide bonds. The normalized spacial score (nSPS) is 10.3. The highest BCUT2D eigenvalue weighted by Crippen LogP contribution is 2.36. The fourth-order valence-corrected chi connectivity index (χ4v) is 7.30. The van der Waals surface area contributed by atoms with E-state index < -0.39 is 46.6 Å². The molecule has 0 atom stereocenters. The van der Waals surface area contributed by atoms with E-state index in [1.165, 1.54) is 29.8 Å². The van der Waals surface area contributed by atoms with Crippen LogP contribution in [0.2, 0.25) is 0 Å². The summed E-state index contributed by atoms with van der Waals surface area (Å²) in [5, 5.41) is 40.0. The SMILES string of the molecule is COC(=O)c1c(N)csc1-c1ccc(Br)cc1.O=C(Cc1csc(-c2ccc(Br)cc2)c1C(=O)O)c1cc(F)ccc1O.O=C(O)c1cc(F)ccc1O. The lowest BCUT2D eigenvalue weighted by atomic mass is 9.99. The smallest absolute Gasteiger partial charge is 0.341 e. The third kappa shape index (κ3) is 10.4. The molecule has 2 heterocycles. The molecule has 0 saturated carbocycles. The van der Waals surface area contributed by atoms with Gasteiger partial charge in [0.05, 0.1) is 28.8 Å². The van der Waals surface area contributed by atoms with Crippen molar-refractivity contribution in [3.05, 3.63) is 144 Å². The Bertz CT molecular complexity index is 2330. The summed E-state index contributed by atoms with van der Waals surface area (Å²) in [6, 6.07) is 20.7. The van der Waals surface area contributed by atoms with Gasteiger partial charge in [-0.15, -0.1) is 22.7 Å². The second kappa shape index (κ2) is 18.6. The van der Waals surface area contributed by atoms with Crippen molar-refractivity contribution in [3.8, 4) is 32.4 Å². The highest BCUT2D eigenvalue weighted by Gasteiger charge is 2.23. The van der Waals surface area contributed by atoms with Crippen molar-refractivity contribution in [2.45, 2.75) is 6.42 Å². The van der Waals surface area contributed by atoms with Gasteiger partial charge in [-0.1, -0.05) is 56.1 Å². The Hall–Kier alpha value is -5.42. The zero-order chi connectivity index (χ0) is 39.7. The van der Waals surface area contributed by atoms with Gasteiger partial charge in [0.15, 0.2) is 5.78 Å². The lowest BCUT2D eigenvalue weighted by Gasteiger charge is -2.06. The molecule has 4 aromatic carbocycles. The Morgan fingerprint density at radius 2 is 1.15 bits per heavy atom. The number of esters is 1. The number of rotatable bonds is 8. The molecule has 6 N–H and O–H groups in total. The van der Waals surface area contributed by atoms with E-state index in [-0.39, 0.29) is 23.3 Å². The van der Waals surface area contributed by atoms with Crippen LogP contribution in [-0.2, 0) is 11.2 Å². The summed E-state index contributed by atoms with van der Waals surface area (Å²) in [6.45, 7) is 0. The van der Waals surface area contributed by atoms with Gasteiger partial charge in [0.1, 0.15) is 34.3 Å². The molecule has 0 aliphatic rings. The molecule has 2 aromatic heterocycles. The van der Waals surface area contributed by atoms with Crippen LogP contribution in [0, 0.1) is 11.6 Å². The predicted octanol–water partition coefficient (Wildman–Crippen LogP) is 9.92. The number of ether oxygens (including phenoxy) is 1. The van der Waals surface area contributed by atoms with Gasteiger partial charge in [0.25, 0.3) is 0 Å². The zero-order valence-corrected chi connectivity index (χ0v) is 32.5. The standard InChI is InChI=1S/C19H12BrFO4S.C12H10BrNO2S.C7H5FO3/c20-12-3-1-10(2-4-12)18-17(19(24)25)11(9-26-18)7-16(23)14-8-13(21)5-6-15(14)22;1-16-12(15)10-9(14)6-17-11(10)7-2-4-8(13)5-3-7;8-4-1-2-6(9)5(3-4)7(10)11/h1-6,8-9,22H,7H2,(H,24,25);2-6H,14H2,1H3;1-3,9H,(H,10,11). The molecule has 0 unspecified atom stereocenters. The monoisotopic (exact) mass is 901 g/mol. The van der Waals surface area contributed by atoms with E-state index in [1.807, 2.05) is 24.3 Å². The highest BCUT2D eigenvalue weighted by atomic mass is 79.9. The average Bonchev–Trinajstić information content (AvgIpc) is 3.74. The van der Waals surface area contributed by atoms with Gasteiger partial charge in [0, 0.05) is 25.6 Å². The molecule has 0 saturated heterocycles. The molecule has 0 spiro atoms. The van der Waals surface area contributed by atoms with Crippen molar-refractivity contribution in [3.63, 3.8) is 0 Å². The van der Waals surface area contributed by atoms with Gasteiger partial charge < -0.3 is 30.9 Å². The minimum atomic E-state index is -1.35. The Kier molecular flexibility index (Phi) is 14.2. The van der Waals surface area contributed by atoms with Crippen LogP contribution < -0.4 is 5.73 Å². The second-order valence-corrected chi connectivity index (χ2v) is 14.5. The summed E-state index contributed by atoms with van der Waals surface area (Å²) in [7, 11) is 1.35. The summed E-state index contributed by atoms with van der Waals surface area (Å²) in [5.41, 5.74) is 8.14. The summed E-state index contributed by atoms with van der Waals surface area (Å²) >= 11 is 9.36. The van der Waals surface area contributed by atoms with Crippen molar-refractivity contribution < 1.29 is 53.1 Å². The Morgan fingerprint density at radius 3 is 1.61 bits per heavy atom. The van der Waals surface area contributed by atoms with E-state index >= 15 is 0 Å². The van der Waals surface area contributed by atoms with E-state index in [2.05, 4.69) is 31.9 Å². The van der Waals surface area contributed by atoms with Crippen molar-refractivity contribution in [2.24, 2.45) is 0 Å². The van der Waals surface area contributed by atoms with Crippen molar-refractivity contribution in [1.82, 2.24) is 0 Å². The maximum absolute atomic E-state index is 13.4. The number of nitrogen functional groups attached to an aromatic ring is 1. The van der Waals surface area contributed by atoms with Gasteiger partial charge in [-0.05, 0) is 82.7 Å². The molecule has 0 aliphatic heterocycles. The van der Waals surface area contributed by atoms with Gasteiger partial charge in [-0.25, -0.2) is 23.2 Å². The number of carbonyl (C=O) groups excluding carboxylic acids is 2. The first-order valence-corrected chi connectivity index (χ1v) is 18.5. The van der Waals surface area contributed by atoms with Crippen LogP contribution in [0.5, 0.6) is 11.5 Å². The van der Waals surface area contributed by atoms with Gasteiger partial charge in [0.2, 0.25) is 0 Å². The van der Waals surface area contributed by atoms with E-state index in [1.54, 1.807) is 35.0 Å². The number of carbonyl (C=O) groups is 4. The van der Waals surface area contributed by atoms with E-state index in [4.69, 9.17) is 20.7 Å². The molecule has 16 heteroatoms. The first-order chi connectivity index (χ1) is 25.6. The molecule has 0 fully saturated rings. The molecule has 6 aromatic rings. The Labute approximate surface area is 331 Å². The molecular formula is C38H27Br2F2NO9S2. The first kappa shape index (κ1) is 41.3. The van der Waals surface area contributed by atoms with E-state index in [0.29, 0.717) is 21.7 Å². The van der Waals surface area contributed by atoms with Crippen LogP contribution >= 0.6 is 54.5 Å². The number of carboxylic acids is 2. The second-order valence-electron chi connectivity index (χ2n) is 10.9. The number of thiophene rings is 2. The minimum Gasteiger partial charge on any atom is -0.507 e. The Morgan fingerprint density at radius 1 is 0.685 bits per heavy atom. The number of aromatic carboxylic acids is 2. The number of nitrogens with two attached hydrogens (primary N) is 1. The Balaban J connectivity index is 0.000000199. The first-order valence-electron chi connectivity index (χ1n) is 15.2. The lowest BCUT2D eigenvalue weighted by molar-refractivity contribution is 0.0601. The average molecular weight is 904 g/mol. The summed E-state index contributed by atoms with van der Waals surface area (Å²) in [6.07, 6.45) is -0.244. The van der Waals surface area contributed by atoms with Crippen molar-refractivity contribution in [1.29, 1.82) is 0 Å².